The van der Waals surface area contributed by atoms with E-state index in [9.17, 15) is 14.4 Å². The predicted molar refractivity (Wildman–Crippen MR) is 133 cm³/mol. The zero-order valence-electron chi connectivity index (χ0n) is 20.2. The Morgan fingerprint density at radius 1 is 1.00 bits per heavy atom. The summed E-state index contributed by atoms with van der Waals surface area (Å²) in [6.45, 7) is 2.75. The average molecular weight is 479 g/mol. The van der Waals surface area contributed by atoms with Crippen LogP contribution in [0.4, 0.5) is 4.79 Å². The van der Waals surface area contributed by atoms with Crippen molar-refractivity contribution >= 4 is 18.0 Å². The number of benzene rings is 2. The summed E-state index contributed by atoms with van der Waals surface area (Å²) >= 11 is 0. The van der Waals surface area contributed by atoms with Crippen LogP contribution in [0, 0.1) is 11.8 Å². The summed E-state index contributed by atoms with van der Waals surface area (Å²) in [4.78, 5) is 36.1. The van der Waals surface area contributed by atoms with Gasteiger partial charge in [0, 0.05) is 24.9 Å². The number of carbonyl (C=O) groups is 3. The molecular weight excluding hydrogens is 444 g/mol. The van der Waals surface area contributed by atoms with E-state index in [1.165, 1.54) is 11.1 Å². The number of fused-ring (bicyclic) bond motifs is 3. The second-order valence-corrected chi connectivity index (χ2v) is 9.73. The summed E-state index contributed by atoms with van der Waals surface area (Å²) in [5.41, 5.74) is 4.69. The molecule has 7 heteroatoms. The molecule has 0 aromatic heterocycles. The zero-order valence-corrected chi connectivity index (χ0v) is 20.2. The number of hydrogen-bond donors (Lipinski definition) is 3. The number of rotatable bonds is 10. The minimum absolute atomic E-state index is 0.000981. The van der Waals surface area contributed by atoms with Crippen molar-refractivity contribution in [3.63, 3.8) is 0 Å². The van der Waals surface area contributed by atoms with Crippen molar-refractivity contribution in [2.45, 2.75) is 57.4 Å². The number of carbonyl (C=O) groups excluding carboxylic acids is 2. The summed E-state index contributed by atoms with van der Waals surface area (Å²) in [5.74, 6) is -0.903. The molecule has 3 unspecified atom stereocenters. The number of alkyl carbamates (subject to hydrolysis) is 1. The molecule has 4 rings (SSSR count). The van der Waals surface area contributed by atoms with E-state index in [1.54, 1.807) is 0 Å². The van der Waals surface area contributed by atoms with E-state index in [0.717, 1.165) is 36.8 Å². The Kier molecular flexibility index (Phi) is 8.06. The molecule has 1 fully saturated rings. The first-order chi connectivity index (χ1) is 16.9. The van der Waals surface area contributed by atoms with Crippen LogP contribution in [0.5, 0.6) is 0 Å². The molecule has 3 atom stereocenters. The van der Waals surface area contributed by atoms with Crippen LogP contribution in [0.2, 0.25) is 0 Å². The molecule has 0 heterocycles. The molecule has 186 valence electrons. The molecule has 35 heavy (non-hydrogen) atoms. The Bertz CT molecular complexity index is 1020. The van der Waals surface area contributed by atoms with Gasteiger partial charge in [0.1, 0.15) is 6.61 Å². The van der Waals surface area contributed by atoms with Crippen molar-refractivity contribution < 1.29 is 24.2 Å². The van der Waals surface area contributed by atoms with E-state index >= 15 is 0 Å². The van der Waals surface area contributed by atoms with Gasteiger partial charge >= 0.3 is 12.1 Å². The summed E-state index contributed by atoms with van der Waals surface area (Å²) in [6.07, 6.45) is 3.34. The third kappa shape index (κ3) is 6.02. The van der Waals surface area contributed by atoms with Gasteiger partial charge in [-0.1, -0.05) is 61.9 Å². The highest BCUT2D eigenvalue weighted by molar-refractivity contribution is 5.81. The maximum absolute atomic E-state index is 12.7. The second kappa shape index (κ2) is 11.4. The Balaban J connectivity index is 1.26. The molecule has 0 bridgehead atoms. The molecule has 0 aliphatic heterocycles. The Morgan fingerprint density at radius 3 is 2.31 bits per heavy atom. The largest absolute Gasteiger partial charge is 0.481 e. The van der Waals surface area contributed by atoms with Crippen molar-refractivity contribution in [2.24, 2.45) is 11.8 Å². The molecule has 2 aliphatic rings. The summed E-state index contributed by atoms with van der Waals surface area (Å²) in [7, 11) is 0. The van der Waals surface area contributed by atoms with E-state index < -0.39 is 12.1 Å². The number of aliphatic carboxylic acids is 1. The quantitative estimate of drug-likeness (QED) is 0.459. The van der Waals surface area contributed by atoms with Crippen LogP contribution in [0.25, 0.3) is 11.1 Å². The van der Waals surface area contributed by atoms with Crippen LogP contribution < -0.4 is 10.6 Å². The number of carboxylic acid groups (broad SMARTS) is 1. The topological polar surface area (TPSA) is 105 Å². The molecule has 2 amide bonds. The highest BCUT2D eigenvalue weighted by Gasteiger charge is 2.35. The average Bonchev–Trinajstić information content (AvgIpc) is 3.44. The smallest absolute Gasteiger partial charge is 0.407 e. The number of ether oxygens (including phenoxy) is 1. The minimum Gasteiger partial charge on any atom is -0.481 e. The summed E-state index contributed by atoms with van der Waals surface area (Å²) in [5, 5.41) is 14.7. The number of hydrogen-bond acceptors (Lipinski definition) is 4. The fraction of sp³-hybridized carbons (Fsp3) is 0.464. The van der Waals surface area contributed by atoms with Crippen molar-refractivity contribution in [3.05, 3.63) is 59.7 Å². The fourth-order valence-corrected chi connectivity index (χ4v) is 5.33. The molecule has 0 saturated heterocycles. The van der Waals surface area contributed by atoms with Crippen molar-refractivity contribution in [1.82, 2.24) is 10.6 Å². The SMILES string of the molecule is CC(CCNC(=O)C1CCCC1NC(=O)OCC1c2ccccc2-c2ccccc21)CCC(=O)O. The lowest BCUT2D eigenvalue weighted by molar-refractivity contribution is -0.137. The maximum Gasteiger partial charge on any atom is 0.407 e. The molecule has 2 aromatic carbocycles. The van der Waals surface area contributed by atoms with E-state index in [4.69, 9.17) is 9.84 Å². The van der Waals surface area contributed by atoms with Crippen LogP contribution >= 0.6 is 0 Å². The van der Waals surface area contributed by atoms with Gasteiger partial charge in [0.05, 0.1) is 5.92 Å². The van der Waals surface area contributed by atoms with E-state index in [1.807, 2.05) is 31.2 Å². The lowest BCUT2D eigenvalue weighted by Crippen LogP contribution is -2.44. The van der Waals surface area contributed by atoms with Crippen LogP contribution in [-0.2, 0) is 14.3 Å². The molecule has 0 radical (unpaired) electrons. The predicted octanol–water partition coefficient (Wildman–Crippen LogP) is 4.70. The first-order valence-corrected chi connectivity index (χ1v) is 12.5. The van der Waals surface area contributed by atoms with Gasteiger partial charge in [-0.3, -0.25) is 9.59 Å². The van der Waals surface area contributed by atoms with Gasteiger partial charge < -0.3 is 20.5 Å². The molecule has 7 nitrogen and oxygen atoms in total. The molecule has 1 saturated carbocycles. The van der Waals surface area contributed by atoms with Crippen LogP contribution in [-0.4, -0.2) is 42.3 Å². The molecular formula is C28H34N2O5. The normalized spacial score (nSPS) is 19.5. The molecule has 2 aromatic rings. The van der Waals surface area contributed by atoms with Crippen molar-refractivity contribution in [2.75, 3.05) is 13.2 Å². The summed E-state index contributed by atoms with van der Waals surface area (Å²) < 4.78 is 5.66. The highest BCUT2D eigenvalue weighted by atomic mass is 16.5. The van der Waals surface area contributed by atoms with E-state index in [0.29, 0.717) is 13.0 Å². The van der Waals surface area contributed by atoms with E-state index in [2.05, 4.69) is 34.9 Å². The molecule has 0 spiro atoms. The van der Waals surface area contributed by atoms with Gasteiger partial charge in [-0.2, -0.15) is 0 Å². The Morgan fingerprint density at radius 2 is 1.66 bits per heavy atom. The third-order valence-electron chi connectivity index (χ3n) is 7.29. The Hall–Kier alpha value is -3.35. The third-order valence-corrected chi connectivity index (χ3v) is 7.29. The lowest BCUT2D eigenvalue weighted by atomic mass is 9.98. The van der Waals surface area contributed by atoms with Gasteiger partial charge in [0.2, 0.25) is 5.91 Å². The van der Waals surface area contributed by atoms with Crippen molar-refractivity contribution in [3.8, 4) is 11.1 Å². The van der Waals surface area contributed by atoms with Gasteiger partial charge in [0.25, 0.3) is 0 Å². The van der Waals surface area contributed by atoms with Gasteiger partial charge in [0.15, 0.2) is 0 Å². The van der Waals surface area contributed by atoms with Gasteiger partial charge in [-0.05, 0) is 53.9 Å². The number of amides is 2. The van der Waals surface area contributed by atoms with Gasteiger partial charge in [-0.25, -0.2) is 4.79 Å². The number of nitrogens with one attached hydrogen (secondary N) is 2. The van der Waals surface area contributed by atoms with Crippen molar-refractivity contribution in [1.29, 1.82) is 0 Å². The van der Waals surface area contributed by atoms with Gasteiger partial charge in [-0.15, -0.1) is 0 Å². The zero-order chi connectivity index (χ0) is 24.8. The van der Waals surface area contributed by atoms with Crippen LogP contribution in [0.3, 0.4) is 0 Å². The highest BCUT2D eigenvalue weighted by Crippen LogP contribution is 2.44. The lowest BCUT2D eigenvalue weighted by Gasteiger charge is -2.21. The first kappa shape index (κ1) is 24.8. The van der Waals surface area contributed by atoms with E-state index in [-0.39, 0.29) is 42.7 Å². The minimum atomic E-state index is -0.797. The molecule has 2 aliphatic carbocycles. The Labute approximate surface area is 206 Å². The number of carboxylic acids is 1. The fourth-order valence-electron chi connectivity index (χ4n) is 5.33. The van der Waals surface area contributed by atoms with Crippen LogP contribution in [0.15, 0.2) is 48.5 Å². The van der Waals surface area contributed by atoms with Crippen LogP contribution in [0.1, 0.15) is 62.5 Å². The monoisotopic (exact) mass is 478 g/mol. The second-order valence-electron chi connectivity index (χ2n) is 9.73. The standard InChI is InChI=1S/C28H34N2O5/c1-18(13-14-26(31)32)15-16-29-27(33)23-11-6-12-25(23)30-28(34)35-17-24-21-9-4-2-7-19(21)20-8-3-5-10-22(20)24/h2-5,7-10,18,23-25H,6,11-17H2,1H3,(H,29,33)(H,30,34)(H,31,32). The molecule has 3 N–H and O–H groups in total. The maximum atomic E-state index is 12.7. The first-order valence-electron chi connectivity index (χ1n) is 12.5. The summed E-state index contributed by atoms with van der Waals surface area (Å²) in [6, 6.07) is 16.2.